The Hall–Kier alpha value is -2.69. The zero-order valence-electron chi connectivity index (χ0n) is 18.1. The first-order valence-electron chi connectivity index (χ1n) is 10.3. The first-order valence-corrected chi connectivity index (χ1v) is 10.3. The van der Waals surface area contributed by atoms with Crippen LogP contribution in [0.3, 0.4) is 0 Å². The van der Waals surface area contributed by atoms with E-state index in [0.29, 0.717) is 39.1 Å². The molecule has 0 aliphatic carbocycles. The molecular weight excluding hydrogens is 431 g/mol. The monoisotopic (exact) mass is 459 g/mol. The normalized spacial score (nSPS) is 20.2. The molecule has 2 saturated heterocycles. The van der Waals surface area contributed by atoms with Gasteiger partial charge in [-0.25, -0.2) is 4.79 Å². The number of rotatable bonds is 5. The number of halogens is 3. The van der Waals surface area contributed by atoms with Crippen molar-refractivity contribution in [2.75, 3.05) is 33.4 Å². The van der Waals surface area contributed by atoms with Gasteiger partial charge in [0.15, 0.2) is 0 Å². The van der Waals surface area contributed by atoms with Crippen LogP contribution in [0.1, 0.15) is 44.1 Å². The minimum atomic E-state index is -5.08. The summed E-state index contributed by atoms with van der Waals surface area (Å²) in [6.07, 6.45) is 1.23. The Labute approximate surface area is 184 Å². The van der Waals surface area contributed by atoms with Gasteiger partial charge < -0.3 is 19.6 Å². The van der Waals surface area contributed by atoms with Crippen LogP contribution in [0.4, 0.5) is 13.2 Å². The third-order valence-corrected chi connectivity index (χ3v) is 6.00. The lowest BCUT2D eigenvalue weighted by molar-refractivity contribution is -0.192. The van der Waals surface area contributed by atoms with E-state index in [0.717, 1.165) is 18.4 Å². The molecule has 1 N–H and O–H groups in total. The van der Waals surface area contributed by atoms with Crippen molar-refractivity contribution in [2.45, 2.75) is 50.2 Å². The van der Waals surface area contributed by atoms with Crippen LogP contribution in [0.15, 0.2) is 24.5 Å². The van der Waals surface area contributed by atoms with Crippen molar-refractivity contribution in [2.24, 2.45) is 0 Å². The summed E-state index contributed by atoms with van der Waals surface area (Å²) in [4.78, 5) is 41.9. The van der Waals surface area contributed by atoms with Gasteiger partial charge in [-0.05, 0) is 24.5 Å². The van der Waals surface area contributed by atoms with E-state index in [1.165, 1.54) is 0 Å². The third kappa shape index (κ3) is 5.76. The molecule has 2 aliphatic rings. The highest BCUT2D eigenvalue weighted by Gasteiger charge is 2.54. The zero-order valence-corrected chi connectivity index (χ0v) is 18.1. The summed E-state index contributed by atoms with van der Waals surface area (Å²) in [6, 6.07) is 4.00. The number of carboxylic acid groups (broad SMARTS) is 1. The number of pyridine rings is 1. The number of carbonyl (C=O) groups is 3. The van der Waals surface area contributed by atoms with Crippen molar-refractivity contribution < 1.29 is 37.4 Å². The highest BCUT2D eigenvalue weighted by atomic mass is 19.4. The average Bonchev–Trinajstić information content (AvgIpc) is 3.03. The molecule has 2 fully saturated rings. The summed E-state index contributed by atoms with van der Waals surface area (Å²) in [5.74, 6) is -2.25. The summed E-state index contributed by atoms with van der Waals surface area (Å²) >= 11 is 0. The van der Waals surface area contributed by atoms with Gasteiger partial charge in [-0.2, -0.15) is 13.2 Å². The Bertz CT molecular complexity index is 796. The lowest BCUT2D eigenvalue weighted by atomic mass is 9.74. The summed E-state index contributed by atoms with van der Waals surface area (Å²) in [5.41, 5.74) is 0.884. The first-order chi connectivity index (χ1) is 15.1. The number of alkyl halides is 3. The molecule has 32 heavy (non-hydrogen) atoms. The van der Waals surface area contributed by atoms with Crippen molar-refractivity contribution in [3.63, 3.8) is 0 Å². The van der Waals surface area contributed by atoms with Crippen molar-refractivity contribution in [3.05, 3.63) is 30.1 Å². The van der Waals surface area contributed by atoms with Gasteiger partial charge in [0, 0.05) is 57.9 Å². The van der Waals surface area contributed by atoms with E-state index >= 15 is 0 Å². The SMILES string of the molecule is CCC(=O)N1CCC2(CC1)C(c1cccnc1)CC(=O)N2CCOC.O=C(O)C(F)(F)F. The summed E-state index contributed by atoms with van der Waals surface area (Å²) in [5, 5.41) is 7.12. The van der Waals surface area contributed by atoms with E-state index in [1.54, 1.807) is 13.3 Å². The molecule has 11 heteroatoms. The Morgan fingerprint density at radius 1 is 1.31 bits per heavy atom. The van der Waals surface area contributed by atoms with Gasteiger partial charge in [0.25, 0.3) is 0 Å². The quantitative estimate of drug-likeness (QED) is 0.726. The van der Waals surface area contributed by atoms with Crippen molar-refractivity contribution in [3.8, 4) is 0 Å². The molecule has 0 radical (unpaired) electrons. The van der Waals surface area contributed by atoms with Crippen LogP contribution in [0.25, 0.3) is 0 Å². The van der Waals surface area contributed by atoms with Crippen LogP contribution >= 0.6 is 0 Å². The highest BCUT2D eigenvalue weighted by Crippen LogP contribution is 2.48. The Balaban J connectivity index is 0.000000451. The Kier molecular flexibility index (Phi) is 8.59. The van der Waals surface area contributed by atoms with Crippen LogP contribution in [0, 0.1) is 0 Å². The molecule has 1 unspecified atom stereocenters. The molecule has 2 aliphatic heterocycles. The van der Waals surface area contributed by atoms with E-state index in [4.69, 9.17) is 14.6 Å². The Morgan fingerprint density at radius 3 is 2.41 bits per heavy atom. The smallest absolute Gasteiger partial charge is 0.475 e. The fourth-order valence-corrected chi connectivity index (χ4v) is 4.44. The number of hydrogen-bond donors (Lipinski definition) is 1. The second kappa shape index (κ2) is 10.8. The molecule has 8 nitrogen and oxygen atoms in total. The van der Waals surface area contributed by atoms with Crippen LogP contribution in [0.2, 0.25) is 0 Å². The van der Waals surface area contributed by atoms with Gasteiger partial charge in [0.1, 0.15) is 0 Å². The molecule has 1 atom stereocenters. The molecule has 1 spiro atoms. The number of nitrogens with zero attached hydrogens (tertiary/aromatic N) is 3. The number of piperidine rings is 1. The minimum absolute atomic E-state index is 0.129. The maximum Gasteiger partial charge on any atom is 0.490 e. The van der Waals surface area contributed by atoms with Gasteiger partial charge in [-0.3, -0.25) is 14.6 Å². The number of ether oxygens (including phenoxy) is 1. The number of amides is 2. The molecule has 2 amide bonds. The van der Waals surface area contributed by atoms with Crippen LogP contribution in [-0.2, 0) is 19.1 Å². The molecule has 3 heterocycles. The molecule has 178 valence electrons. The topological polar surface area (TPSA) is 100 Å². The van der Waals surface area contributed by atoms with E-state index in [2.05, 4.69) is 11.1 Å². The van der Waals surface area contributed by atoms with E-state index < -0.39 is 12.1 Å². The fraction of sp³-hybridized carbons (Fsp3) is 0.619. The molecule has 3 rings (SSSR count). The average molecular weight is 459 g/mol. The number of carbonyl (C=O) groups excluding carboxylic acids is 2. The van der Waals surface area contributed by atoms with Gasteiger partial charge in [-0.15, -0.1) is 0 Å². The van der Waals surface area contributed by atoms with Crippen molar-refractivity contribution in [1.29, 1.82) is 0 Å². The van der Waals surface area contributed by atoms with Crippen LogP contribution < -0.4 is 0 Å². The summed E-state index contributed by atoms with van der Waals surface area (Å²) in [6.45, 7) is 4.45. The van der Waals surface area contributed by atoms with Gasteiger partial charge >= 0.3 is 12.1 Å². The van der Waals surface area contributed by atoms with Crippen LogP contribution in [-0.4, -0.2) is 82.7 Å². The molecule has 1 aromatic rings. The number of hydrogen-bond acceptors (Lipinski definition) is 5. The van der Waals surface area contributed by atoms with Crippen molar-refractivity contribution >= 4 is 17.8 Å². The summed E-state index contributed by atoms with van der Waals surface area (Å²) < 4.78 is 37.0. The standard InChI is InChI=1S/C19H27N3O3.C2HF3O2/c1-3-17(23)21-9-6-19(7-10-21)16(15-5-4-8-20-14-15)13-18(24)22(19)11-12-25-2;3-2(4,5)1(6)7/h4-5,8,14,16H,3,6-7,9-13H2,1-2H3;(H,6,7). The second-order valence-corrected chi connectivity index (χ2v) is 7.72. The number of aliphatic carboxylic acids is 1. The largest absolute Gasteiger partial charge is 0.490 e. The number of likely N-dealkylation sites (tertiary alicyclic amines) is 2. The van der Waals surface area contributed by atoms with Gasteiger partial charge in [-0.1, -0.05) is 13.0 Å². The first kappa shape index (κ1) is 25.6. The fourth-order valence-electron chi connectivity index (χ4n) is 4.44. The van der Waals surface area contributed by atoms with Gasteiger partial charge in [0.2, 0.25) is 11.8 Å². The van der Waals surface area contributed by atoms with E-state index in [-0.39, 0.29) is 23.3 Å². The molecule has 1 aromatic heterocycles. The second-order valence-electron chi connectivity index (χ2n) is 7.72. The van der Waals surface area contributed by atoms with E-state index in [9.17, 15) is 22.8 Å². The van der Waals surface area contributed by atoms with Crippen LogP contribution in [0.5, 0.6) is 0 Å². The van der Waals surface area contributed by atoms with Crippen molar-refractivity contribution in [1.82, 2.24) is 14.8 Å². The molecule has 0 aromatic carbocycles. The maximum absolute atomic E-state index is 12.8. The number of aromatic nitrogens is 1. The number of methoxy groups -OCH3 is 1. The number of carboxylic acids is 1. The third-order valence-electron chi connectivity index (χ3n) is 6.00. The minimum Gasteiger partial charge on any atom is -0.475 e. The molecule has 0 saturated carbocycles. The Morgan fingerprint density at radius 2 is 1.94 bits per heavy atom. The lowest BCUT2D eigenvalue weighted by Crippen LogP contribution is -2.56. The summed E-state index contributed by atoms with van der Waals surface area (Å²) in [7, 11) is 1.66. The predicted molar refractivity (Wildman–Crippen MR) is 108 cm³/mol. The van der Waals surface area contributed by atoms with Gasteiger partial charge in [0.05, 0.1) is 12.1 Å². The molecular formula is C21H28F3N3O5. The van der Waals surface area contributed by atoms with E-state index in [1.807, 2.05) is 29.0 Å². The zero-order chi connectivity index (χ0) is 23.9. The predicted octanol–water partition coefficient (Wildman–Crippen LogP) is 2.45. The lowest BCUT2D eigenvalue weighted by Gasteiger charge is -2.48. The molecule has 0 bridgehead atoms. The maximum atomic E-state index is 12.8. The highest BCUT2D eigenvalue weighted by molar-refractivity contribution is 5.82.